The standard InChI is InChI=1S/C14H17NO5/c16-14(15-20-13-3-1-2-6-19-13)10-4-5-11-12(9-10)18-8-7-17-11/h4-5,9,13H,1-3,6-8H2,(H,15,16)/t13-/m1/s1. The summed E-state index contributed by atoms with van der Waals surface area (Å²) in [6, 6.07) is 5.05. The van der Waals surface area contributed by atoms with Crippen molar-refractivity contribution in [2.24, 2.45) is 0 Å². The molecule has 1 fully saturated rings. The lowest BCUT2D eigenvalue weighted by Gasteiger charge is -2.22. The summed E-state index contributed by atoms with van der Waals surface area (Å²) in [5.41, 5.74) is 2.88. The number of nitrogens with one attached hydrogen (secondary N) is 1. The largest absolute Gasteiger partial charge is 0.486 e. The second kappa shape index (κ2) is 6.11. The van der Waals surface area contributed by atoms with Gasteiger partial charge in [-0.3, -0.25) is 4.79 Å². The highest BCUT2D eigenvalue weighted by Gasteiger charge is 2.18. The van der Waals surface area contributed by atoms with E-state index >= 15 is 0 Å². The van der Waals surface area contributed by atoms with Gasteiger partial charge in [-0.1, -0.05) is 0 Å². The maximum absolute atomic E-state index is 12.0. The molecule has 0 unspecified atom stereocenters. The molecule has 1 N–H and O–H groups in total. The smallest absolute Gasteiger partial charge is 0.275 e. The maximum Gasteiger partial charge on any atom is 0.275 e. The lowest BCUT2D eigenvalue weighted by Crippen LogP contribution is -2.33. The summed E-state index contributed by atoms with van der Waals surface area (Å²) in [5, 5.41) is 0. The van der Waals surface area contributed by atoms with Crippen LogP contribution in [0, 0.1) is 0 Å². The molecule has 0 aliphatic carbocycles. The Kier molecular flexibility index (Phi) is 4.03. The van der Waals surface area contributed by atoms with E-state index in [2.05, 4.69) is 5.48 Å². The van der Waals surface area contributed by atoms with Crippen molar-refractivity contribution in [3.05, 3.63) is 23.8 Å². The number of hydrogen-bond donors (Lipinski definition) is 1. The minimum atomic E-state index is -0.357. The van der Waals surface area contributed by atoms with E-state index in [1.54, 1.807) is 18.2 Å². The molecule has 108 valence electrons. The number of carbonyl (C=O) groups excluding carboxylic acids is 1. The molecule has 0 radical (unpaired) electrons. The van der Waals surface area contributed by atoms with Crippen LogP contribution in [0.1, 0.15) is 29.6 Å². The first-order valence-electron chi connectivity index (χ1n) is 6.80. The van der Waals surface area contributed by atoms with Crippen molar-refractivity contribution >= 4 is 5.91 Å². The summed E-state index contributed by atoms with van der Waals surface area (Å²) in [7, 11) is 0. The van der Waals surface area contributed by atoms with Crippen LogP contribution >= 0.6 is 0 Å². The first kappa shape index (κ1) is 13.2. The molecule has 0 spiro atoms. The molecule has 0 aromatic heterocycles. The number of amides is 1. The zero-order valence-corrected chi connectivity index (χ0v) is 11.1. The molecule has 20 heavy (non-hydrogen) atoms. The summed E-state index contributed by atoms with van der Waals surface area (Å²) in [6.07, 6.45) is 2.52. The molecule has 0 saturated carbocycles. The third kappa shape index (κ3) is 3.02. The molecular weight excluding hydrogens is 262 g/mol. The minimum absolute atomic E-state index is 0.323. The summed E-state index contributed by atoms with van der Waals surface area (Å²) in [4.78, 5) is 17.2. The van der Waals surface area contributed by atoms with Gasteiger partial charge < -0.3 is 14.2 Å². The Morgan fingerprint density at radius 3 is 2.80 bits per heavy atom. The van der Waals surface area contributed by atoms with Crippen LogP contribution in [-0.2, 0) is 9.57 Å². The van der Waals surface area contributed by atoms with Gasteiger partial charge in [0.1, 0.15) is 13.2 Å². The fraction of sp³-hybridized carbons (Fsp3) is 0.500. The zero-order valence-electron chi connectivity index (χ0n) is 11.1. The zero-order chi connectivity index (χ0) is 13.8. The Bertz CT molecular complexity index is 484. The molecule has 6 nitrogen and oxygen atoms in total. The van der Waals surface area contributed by atoms with E-state index in [0.717, 1.165) is 19.3 Å². The summed E-state index contributed by atoms with van der Waals surface area (Å²) >= 11 is 0. The highest BCUT2D eigenvalue weighted by atomic mass is 16.8. The van der Waals surface area contributed by atoms with Gasteiger partial charge in [-0.2, -0.15) is 0 Å². The van der Waals surface area contributed by atoms with Gasteiger partial charge in [-0.05, 0) is 31.0 Å². The van der Waals surface area contributed by atoms with Crippen LogP contribution in [0.2, 0.25) is 0 Å². The molecule has 2 aliphatic rings. The van der Waals surface area contributed by atoms with Gasteiger partial charge in [-0.15, -0.1) is 0 Å². The van der Waals surface area contributed by atoms with Crippen molar-refractivity contribution in [3.8, 4) is 11.5 Å². The number of carbonyl (C=O) groups is 1. The Labute approximate surface area is 116 Å². The van der Waals surface area contributed by atoms with Gasteiger partial charge in [-0.25, -0.2) is 10.3 Å². The molecule has 2 heterocycles. The van der Waals surface area contributed by atoms with Gasteiger partial charge in [0.25, 0.3) is 5.91 Å². The summed E-state index contributed by atoms with van der Waals surface area (Å²) < 4.78 is 16.2. The third-order valence-electron chi connectivity index (χ3n) is 3.23. The van der Waals surface area contributed by atoms with Gasteiger partial charge in [0.15, 0.2) is 17.8 Å². The average molecular weight is 279 g/mol. The van der Waals surface area contributed by atoms with Crippen LogP contribution in [0.25, 0.3) is 0 Å². The van der Waals surface area contributed by atoms with Crippen molar-refractivity contribution < 1.29 is 23.8 Å². The van der Waals surface area contributed by atoms with E-state index in [0.29, 0.717) is 36.9 Å². The van der Waals surface area contributed by atoms with Crippen molar-refractivity contribution in [1.82, 2.24) is 5.48 Å². The second-order valence-electron chi connectivity index (χ2n) is 4.70. The molecule has 1 aromatic carbocycles. The molecule has 1 saturated heterocycles. The van der Waals surface area contributed by atoms with Crippen LogP contribution in [0.5, 0.6) is 11.5 Å². The second-order valence-corrected chi connectivity index (χ2v) is 4.70. The topological polar surface area (TPSA) is 66.0 Å². The van der Waals surface area contributed by atoms with Crippen molar-refractivity contribution in [1.29, 1.82) is 0 Å². The summed E-state index contributed by atoms with van der Waals surface area (Å²) in [5.74, 6) is 0.915. The lowest BCUT2D eigenvalue weighted by atomic mass is 10.2. The normalized spacial score (nSPS) is 21.3. The van der Waals surface area contributed by atoms with Gasteiger partial charge in [0.2, 0.25) is 0 Å². The Balaban J connectivity index is 1.59. The Morgan fingerprint density at radius 2 is 2.00 bits per heavy atom. The first-order valence-corrected chi connectivity index (χ1v) is 6.80. The van der Waals surface area contributed by atoms with Crippen LogP contribution in [0.4, 0.5) is 0 Å². The maximum atomic E-state index is 12.0. The van der Waals surface area contributed by atoms with E-state index < -0.39 is 0 Å². The minimum Gasteiger partial charge on any atom is -0.486 e. The predicted octanol–water partition coefficient (Wildman–Crippen LogP) is 1.65. The highest BCUT2D eigenvalue weighted by Crippen LogP contribution is 2.30. The monoisotopic (exact) mass is 279 g/mol. The fourth-order valence-electron chi connectivity index (χ4n) is 2.17. The number of hydroxylamine groups is 1. The highest BCUT2D eigenvalue weighted by molar-refractivity contribution is 5.94. The SMILES string of the molecule is O=C(NO[C@@H]1CCCCO1)c1ccc2c(c1)OCCO2. The molecular formula is C14H17NO5. The molecule has 1 aromatic rings. The molecule has 1 amide bonds. The molecule has 6 heteroatoms. The first-order chi connectivity index (χ1) is 9.83. The third-order valence-corrected chi connectivity index (χ3v) is 3.23. The van der Waals surface area contributed by atoms with E-state index in [1.807, 2.05) is 0 Å². The number of ether oxygens (including phenoxy) is 3. The van der Waals surface area contributed by atoms with E-state index in [4.69, 9.17) is 19.0 Å². The molecule has 2 aliphatic heterocycles. The fourth-order valence-corrected chi connectivity index (χ4v) is 2.17. The van der Waals surface area contributed by atoms with E-state index in [-0.39, 0.29) is 12.2 Å². The van der Waals surface area contributed by atoms with Crippen LogP contribution in [-0.4, -0.2) is 32.0 Å². The van der Waals surface area contributed by atoms with Gasteiger partial charge >= 0.3 is 0 Å². The number of hydrogen-bond acceptors (Lipinski definition) is 5. The quantitative estimate of drug-likeness (QED) is 0.852. The molecule has 0 bridgehead atoms. The Hall–Kier alpha value is -1.79. The van der Waals surface area contributed by atoms with Crippen LogP contribution in [0.15, 0.2) is 18.2 Å². The van der Waals surface area contributed by atoms with Crippen LogP contribution in [0.3, 0.4) is 0 Å². The lowest BCUT2D eigenvalue weighted by molar-refractivity contribution is -0.186. The van der Waals surface area contributed by atoms with Crippen molar-refractivity contribution in [3.63, 3.8) is 0 Å². The van der Waals surface area contributed by atoms with Crippen LogP contribution < -0.4 is 15.0 Å². The molecule has 3 rings (SSSR count). The number of benzene rings is 1. The number of rotatable bonds is 3. The summed E-state index contributed by atoms with van der Waals surface area (Å²) in [6.45, 7) is 1.69. The van der Waals surface area contributed by atoms with Crippen molar-refractivity contribution in [2.45, 2.75) is 25.6 Å². The van der Waals surface area contributed by atoms with E-state index in [9.17, 15) is 4.79 Å². The van der Waals surface area contributed by atoms with Gasteiger partial charge in [0, 0.05) is 18.6 Å². The Morgan fingerprint density at radius 1 is 1.15 bits per heavy atom. The average Bonchev–Trinajstić information content (AvgIpc) is 2.53. The molecule has 1 atom stereocenters. The number of fused-ring (bicyclic) bond motifs is 1. The predicted molar refractivity (Wildman–Crippen MR) is 69.6 cm³/mol. The van der Waals surface area contributed by atoms with Crippen molar-refractivity contribution in [2.75, 3.05) is 19.8 Å². The van der Waals surface area contributed by atoms with Gasteiger partial charge in [0.05, 0.1) is 0 Å². The van der Waals surface area contributed by atoms with E-state index in [1.165, 1.54) is 0 Å².